The quantitative estimate of drug-likeness (QED) is 0.785. The molecule has 0 spiro atoms. The second kappa shape index (κ2) is 4.31. The maximum absolute atomic E-state index is 5.04. The maximum atomic E-state index is 5.04. The molecule has 5 nitrogen and oxygen atoms in total. The van der Waals surface area contributed by atoms with Crippen LogP contribution in [0.25, 0.3) is 0 Å². The first-order valence-electron chi connectivity index (χ1n) is 4.32. The third-order valence-electron chi connectivity index (χ3n) is 1.77. The number of hydrogen-bond acceptors (Lipinski definition) is 5. The average Bonchev–Trinajstić information content (AvgIpc) is 2.65. The van der Waals surface area contributed by atoms with Crippen LogP contribution in [0.3, 0.4) is 0 Å². The molecule has 0 unspecified atom stereocenters. The average molecular weight is 222 g/mol. The molecule has 0 amide bonds. The van der Waals surface area contributed by atoms with Gasteiger partial charge in [-0.25, -0.2) is 4.98 Å². The molecule has 6 heteroatoms. The van der Waals surface area contributed by atoms with Gasteiger partial charge in [-0.15, -0.1) is 10.2 Å². The number of hydrogen-bond donors (Lipinski definition) is 0. The van der Waals surface area contributed by atoms with Crippen LogP contribution >= 0.6 is 11.8 Å². The van der Waals surface area contributed by atoms with Gasteiger partial charge in [0.2, 0.25) is 5.88 Å². The Morgan fingerprint density at radius 3 is 2.93 bits per heavy atom. The predicted octanol–water partition coefficient (Wildman–Crippen LogP) is 1.37. The van der Waals surface area contributed by atoms with Crippen molar-refractivity contribution in [1.29, 1.82) is 0 Å². The standard InChI is InChI=1S/C9H10N4OS/c1-13-6-10-12-9(13)15-8-5-3-4-7(11-8)14-2/h3-6H,1-2H3. The van der Waals surface area contributed by atoms with Gasteiger partial charge in [-0.3, -0.25) is 0 Å². The van der Waals surface area contributed by atoms with Gasteiger partial charge in [-0.05, 0) is 17.8 Å². The summed E-state index contributed by atoms with van der Waals surface area (Å²) in [4.78, 5) is 4.27. The van der Waals surface area contributed by atoms with Gasteiger partial charge in [0.1, 0.15) is 11.4 Å². The molecule has 0 N–H and O–H groups in total. The van der Waals surface area contributed by atoms with Gasteiger partial charge in [0.25, 0.3) is 0 Å². The second-order valence-electron chi connectivity index (χ2n) is 2.84. The zero-order valence-corrected chi connectivity index (χ0v) is 9.23. The van der Waals surface area contributed by atoms with Crippen LogP contribution in [0.15, 0.2) is 34.7 Å². The summed E-state index contributed by atoms with van der Waals surface area (Å²) >= 11 is 1.45. The third-order valence-corrected chi connectivity index (χ3v) is 2.76. The molecule has 0 aliphatic rings. The van der Waals surface area contributed by atoms with Gasteiger partial charge < -0.3 is 9.30 Å². The van der Waals surface area contributed by atoms with Crippen molar-refractivity contribution >= 4 is 11.8 Å². The molecule has 2 heterocycles. The van der Waals surface area contributed by atoms with E-state index in [4.69, 9.17) is 4.74 Å². The van der Waals surface area contributed by atoms with Crippen molar-refractivity contribution in [3.05, 3.63) is 24.5 Å². The zero-order chi connectivity index (χ0) is 10.7. The Balaban J connectivity index is 2.21. The summed E-state index contributed by atoms with van der Waals surface area (Å²) in [6.45, 7) is 0. The fourth-order valence-electron chi connectivity index (χ4n) is 1.02. The molecule has 15 heavy (non-hydrogen) atoms. The molecule has 0 bridgehead atoms. The minimum absolute atomic E-state index is 0.599. The third kappa shape index (κ3) is 2.27. The van der Waals surface area contributed by atoms with E-state index >= 15 is 0 Å². The van der Waals surface area contributed by atoms with Crippen LogP contribution in [0.1, 0.15) is 0 Å². The largest absolute Gasteiger partial charge is 0.481 e. The molecular formula is C9H10N4OS. The lowest BCUT2D eigenvalue weighted by Gasteiger charge is -2.01. The Bertz CT molecular complexity index is 457. The van der Waals surface area contributed by atoms with Crippen molar-refractivity contribution in [2.45, 2.75) is 10.2 Å². The van der Waals surface area contributed by atoms with E-state index in [2.05, 4.69) is 15.2 Å². The highest BCUT2D eigenvalue weighted by atomic mass is 32.2. The van der Waals surface area contributed by atoms with Crippen molar-refractivity contribution in [2.75, 3.05) is 7.11 Å². The molecular weight excluding hydrogens is 212 g/mol. The Kier molecular flexibility index (Phi) is 2.86. The highest BCUT2D eigenvalue weighted by molar-refractivity contribution is 7.99. The number of nitrogens with zero attached hydrogens (tertiary/aromatic N) is 4. The van der Waals surface area contributed by atoms with Crippen molar-refractivity contribution in [3.8, 4) is 5.88 Å². The van der Waals surface area contributed by atoms with Crippen molar-refractivity contribution in [2.24, 2.45) is 7.05 Å². The molecule has 0 radical (unpaired) electrons. The molecule has 0 saturated carbocycles. The molecule has 0 saturated heterocycles. The van der Waals surface area contributed by atoms with Crippen LogP contribution in [-0.4, -0.2) is 26.9 Å². The molecule has 2 aromatic heterocycles. The SMILES string of the molecule is COc1cccc(Sc2nncn2C)n1. The van der Waals surface area contributed by atoms with Gasteiger partial charge in [-0.1, -0.05) is 6.07 Å². The number of aryl methyl sites for hydroxylation is 1. The van der Waals surface area contributed by atoms with E-state index < -0.39 is 0 Å². The van der Waals surface area contributed by atoms with Crippen LogP contribution in [0.2, 0.25) is 0 Å². The molecule has 78 valence electrons. The topological polar surface area (TPSA) is 52.8 Å². The van der Waals surface area contributed by atoms with Crippen molar-refractivity contribution < 1.29 is 4.74 Å². The Labute approximate surface area is 91.5 Å². The lowest BCUT2D eigenvalue weighted by Crippen LogP contribution is -1.91. The van der Waals surface area contributed by atoms with Gasteiger partial charge in [0.15, 0.2) is 5.16 Å². The predicted molar refractivity (Wildman–Crippen MR) is 55.9 cm³/mol. The number of methoxy groups -OCH3 is 1. The minimum Gasteiger partial charge on any atom is -0.481 e. The van der Waals surface area contributed by atoms with E-state index in [1.54, 1.807) is 19.5 Å². The van der Waals surface area contributed by atoms with E-state index in [0.717, 1.165) is 10.2 Å². The highest BCUT2D eigenvalue weighted by Crippen LogP contribution is 2.24. The number of aromatic nitrogens is 4. The van der Waals surface area contributed by atoms with Crippen LogP contribution in [0.5, 0.6) is 5.88 Å². The molecule has 0 aliphatic carbocycles. The number of pyridine rings is 1. The summed E-state index contributed by atoms with van der Waals surface area (Å²) in [5.74, 6) is 0.599. The fourth-order valence-corrected chi connectivity index (χ4v) is 1.77. The molecule has 0 aromatic carbocycles. The van der Waals surface area contributed by atoms with Gasteiger partial charge in [-0.2, -0.15) is 0 Å². The van der Waals surface area contributed by atoms with Crippen LogP contribution in [-0.2, 0) is 7.05 Å². The summed E-state index contributed by atoms with van der Waals surface area (Å²) in [5, 5.41) is 9.40. The molecule has 2 rings (SSSR count). The van der Waals surface area contributed by atoms with E-state index in [9.17, 15) is 0 Å². The Hall–Kier alpha value is -1.56. The van der Waals surface area contributed by atoms with Crippen LogP contribution < -0.4 is 4.74 Å². The van der Waals surface area contributed by atoms with E-state index in [1.165, 1.54) is 11.8 Å². The lowest BCUT2D eigenvalue weighted by atomic mass is 10.5. The van der Waals surface area contributed by atoms with Crippen molar-refractivity contribution in [1.82, 2.24) is 19.7 Å². The van der Waals surface area contributed by atoms with Gasteiger partial charge in [0, 0.05) is 13.1 Å². The maximum Gasteiger partial charge on any atom is 0.213 e. The number of rotatable bonds is 3. The van der Waals surface area contributed by atoms with E-state index in [1.807, 2.05) is 23.7 Å². The van der Waals surface area contributed by atoms with Crippen molar-refractivity contribution in [3.63, 3.8) is 0 Å². The first kappa shape index (κ1) is 9.97. The van der Waals surface area contributed by atoms with E-state index in [-0.39, 0.29) is 0 Å². The monoisotopic (exact) mass is 222 g/mol. The smallest absolute Gasteiger partial charge is 0.213 e. The summed E-state index contributed by atoms with van der Waals surface area (Å²) < 4.78 is 6.88. The second-order valence-corrected chi connectivity index (χ2v) is 3.83. The van der Waals surface area contributed by atoms with Gasteiger partial charge in [0.05, 0.1) is 7.11 Å². The summed E-state index contributed by atoms with van der Waals surface area (Å²) in [6, 6.07) is 5.60. The first-order chi connectivity index (χ1) is 7.29. The molecule has 0 fully saturated rings. The number of ether oxygens (including phenoxy) is 1. The first-order valence-corrected chi connectivity index (χ1v) is 5.14. The Morgan fingerprint density at radius 2 is 2.27 bits per heavy atom. The molecule has 0 atom stereocenters. The minimum atomic E-state index is 0.599. The summed E-state index contributed by atoms with van der Waals surface area (Å²) in [5.41, 5.74) is 0. The highest BCUT2D eigenvalue weighted by Gasteiger charge is 2.05. The molecule has 0 aliphatic heterocycles. The van der Waals surface area contributed by atoms with Crippen LogP contribution in [0, 0.1) is 0 Å². The fraction of sp³-hybridized carbons (Fsp3) is 0.222. The van der Waals surface area contributed by atoms with Gasteiger partial charge >= 0.3 is 0 Å². The van der Waals surface area contributed by atoms with Crippen LogP contribution in [0.4, 0.5) is 0 Å². The normalized spacial score (nSPS) is 10.3. The zero-order valence-electron chi connectivity index (χ0n) is 8.41. The summed E-state index contributed by atoms with van der Waals surface area (Å²) in [6.07, 6.45) is 1.66. The summed E-state index contributed by atoms with van der Waals surface area (Å²) in [7, 11) is 3.49. The Morgan fingerprint density at radius 1 is 1.40 bits per heavy atom. The molecule has 2 aromatic rings. The van der Waals surface area contributed by atoms with E-state index in [0.29, 0.717) is 5.88 Å². The lowest BCUT2D eigenvalue weighted by molar-refractivity contribution is 0.394.